The number of hydrogen-bond donors (Lipinski definition) is 0. The summed E-state index contributed by atoms with van der Waals surface area (Å²) in [5.41, 5.74) is 0. The van der Waals surface area contributed by atoms with Crippen molar-refractivity contribution in [2.24, 2.45) is 0 Å². The number of likely N-dealkylation sites (N-methyl/N-ethyl adjacent to an activating group) is 1. The highest BCUT2D eigenvalue weighted by Gasteiger charge is 2.13. The third-order valence-corrected chi connectivity index (χ3v) is 5.04. The van der Waals surface area contributed by atoms with Gasteiger partial charge >= 0.3 is 0 Å². The van der Waals surface area contributed by atoms with Crippen molar-refractivity contribution < 1.29 is 9.53 Å². The lowest BCUT2D eigenvalue weighted by atomic mass is 10.4. The minimum Gasteiger partial charge on any atom is -0.467 e. The topological polar surface area (TPSA) is 55.3 Å². The molecular formula is C14H12ClN3O2S2. The standard InChI is InChI=1S/C14H12ClN3O2S2/c1-18(6-9-2-3-11(15)22-9)12(19)7-20-13-10-4-5-21-14(10)17-8-16-13/h2-5,8H,6-7H2,1H3. The van der Waals surface area contributed by atoms with E-state index in [1.54, 1.807) is 11.9 Å². The maximum absolute atomic E-state index is 12.1. The molecule has 0 aliphatic carbocycles. The van der Waals surface area contributed by atoms with Crippen molar-refractivity contribution in [1.29, 1.82) is 0 Å². The number of hydrogen-bond acceptors (Lipinski definition) is 6. The van der Waals surface area contributed by atoms with Crippen molar-refractivity contribution in [3.8, 4) is 5.88 Å². The number of rotatable bonds is 5. The lowest BCUT2D eigenvalue weighted by molar-refractivity contribution is -0.132. The second-order valence-electron chi connectivity index (χ2n) is 4.56. The first-order chi connectivity index (χ1) is 10.6. The summed E-state index contributed by atoms with van der Waals surface area (Å²) in [6.07, 6.45) is 1.44. The second-order valence-corrected chi connectivity index (χ2v) is 7.26. The molecule has 0 unspecified atom stereocenters. The van der Waals surface area contributed by atoms with Gasteiger partial charge in [0.15, 0.2) is 6.61 Å². The second kappa shape index (κ2) is 6.60. The number of aromatic nitrogens is 2. The first kappa shape index (κ1) is 15.2. The fourth-order valence-corrected chi connectivity index (χ4v) is 3.75. The molecule has 0 saturated carbocycles. The highest BCUT2D eigenvalue weighted by molar-refractivity contribution is 7.16. The quantitative estimate of drug-likeness (QED) is 0.705. The maximum atomic E-state index is 12.1. The maximum Gasteiger partial charge on any atom is 0.260 e. The molecule has 3 heterocycles. The first-order valence-corrected chi connectivity index (χ1v) is 8.50. The van der Waals surface area contributed by atoms with E-state index in [1.165, 1.54) is 29.0 Å². The first-order valence-electron chi connectivity index (χ1n) is 6.42. The van der Waals surface area contributed by atoms with Crippen LogP contribution in [0.15, 0.2) is 29.9 Å². The molecule has 0 atom stereocenters. The van der Waals surface area contributed by atoms with Gasteiger partial charge in [-0.3, -0.25) is 4.79 Å². The summed E-state index contributed by atoms with van der Waals surface area (Å²) in [6, 6.07) is 5.62. The molecule has 1 amide bonds. The minimum atomic E-state index is -0.119. The Bertz CT molecular complexity index is 802. The van der Waals surface area contributed by atoms with Crippen LogP contribution in [0.1, 0.15) is 4.88 Å². The van der Waals surface area contributed by atoms with Crippen molar-refractivity contribution in [3.05, 3.63) is 39.1 Å². The summed E-state index contributed by atoms with van der Waals surface area (Å²) in [5, 5.41) is 2.74. The Morgan fingerprint density at radius 1 is 1.36 bits per heavy atom. The molecule has 5 nitrogen and oxygen atoms in total. The Balaban J connectivity index is 1.61. The Kier molecular flexibility index (Phi) is 4.56. The predicted molar refractivity (Wildman–Crippen MR) is 88.7 cm³/mol. The van der Waals surface area contributed by atoms with Gasteiger partial charge < -0.3 is 9.64 Å². The van der Waals surface area contributed by atoms with E-state index in [2.05, 4.69) is 9.97 Å². The number of ether oxygens (including phenoxy) is 1. The molecule has 0 N–H and O–H groups in total. The van der Waals surface area contributed by atoms with Gasteiger partial charge in [0.2, 0.25) is 5.88 Å². The fraction of sp³-hybridized carbons (Fsp3) is 0.214. The lowest BCUT2D eigenvalue weighted by Crippen LogP contribution is -2.30. The van der Waals surface area contributed by atoms with Gasteiger partial charge in [-0.05, 0) is 23.6 Å². The van der Waals surface area contributed by atoms with Gasteiger partial charge in [0.05, 0.1) is 16.3 Å². The smallest absolute Gasteiger partial charge is 0.260 e. The molecule has 3 aromatic rings. The molecule has 0 aliphatic heterocycles. The van der Waals surface area contributed by atoms with E-state index in [1.807, 2.05) is 23.6 Å². The van der Waals surface area contributed by atoms with Crippen LogP contribution in [0.5, 0.6) is 5.88 Å². The summed E-state index contributed by atoms with van der Waals surface area (Å²) in [5.74, 6) is 0.318. The van der Waals surface area contributed by atoms with Crippen LogP contribution < -0.4 is 4.74 Å². The minimum absolute atomic E-state index is 0.0580. The molecule has 0 bridgehead atoms. The van der Waals surface area contributed by atoms with Crippen molar-refractivity contribution in [1.82, 2.24) is 14.9 Å². The lowest BCUT2D eigenvalue weighted by Gasteiger charge is -2.16. The van der Waals surface area contributed by atoms with Crippen LogP contribution in [-0.2, 0) is 11.3 Å². The van der Waals surface area contributed by atoms with E-state index in [0.717, 1.165) is 15.1 Å². The van der Waals surface area contributed by atoms with Crippen LogP contribution in [0.3, 0.4) is 0 Å². The molecule has 0 saturated heterocycles. The van der Waals surface area contributed by atoms with Crippen molar-refractivity contribution in [2.75, 3.05) is 13.7 Å². The third kappa shape index (κ3) is 3.37. The van der Waals surface area contributed by atoms with E-state index >= 15 is 0 Å². The Hall–Kier alpha value is -1.70. The zero-order valence-corrected chi connectivity index (χ0v) is 14.0. The van der Waals surface area contributed by atoms with Gasteiger partial charge in [0, 0.05) is 11.9 Å². The van der Waals surface area contributed by atoms with Gasteiger partial charge in [-0.1, -0.05) is 11.6 Å². The number of carbonyl (C=O) groups is 1. The Morgan fingerprint density at radius 3 is 3.00 bits per heavy atom. The number of fused-ring (bicyclic) bond motifs is 1. The molecule has 114 valence electrons. The average Bonchev–Trinajstić information content (AvgIpc) is 3.13. The van der Waals surface area contributed by atoms with Crippen LogP contribution in [0.2, 0.25) is 4.34 Å². The van der Waals surface area contributed by atoms with Gasteiger partial charge in [0.25, 0.3) is 5.91 Å². The van der Waals surface area contributed by atoms with Crippen molar-refractivity contribution >= 4 is 50.4 Å². The highest BCUT2D eigenvalue weighted by atomic mass is 35.5. The molecule has 3 aromatic heterocycles. The van der Waals surface area contributed by atoms with Gasteiger partial charge in [-0.2, -0.15) is 0 Å². The highest BCUT2D eigenvalue weighted by Crippen LogP contribution is 2.25. The normalized spacial score (nSPS) is 10.8. The largest absolute Gasteiger partial charge is 0.467 e. The van der Waals surface area contributed by atoms with E-state index in [0.29, 0.717) is 16.8 Å². The van der Waals surface area contributed by atoms with E-state index in [-0.39, 0.29) is 12.5 Å². The monoisotopic (exact) mass is 353 g/mol. The Labute approximate surface area is 140 Å². The summed E-state index contributed by atoms with van der Waals surface area (Å²) < 4.78 is 6.26. The van der Waals surface area contributed by atoms with E-state index < -0.39 is 0 Å². The third-order valence-electron chi connectivity index (χ3n) is 3.01. The number of halogens is 1. The van der Waals surface area contributed by atoms with Gasteiger partial charge in [-0.25, -0.2) is 9.97 Å². The average molecular weight is 354 g/mol. The number of thiophene rings is 2. The molecule has 3 rings (SSSR count). The molecule has 0 spiro atoms. The number of amides is 1. The van der Waals surface area contributed by atoms with E-state index in [9.17, 15) is 4.79 Å². The fourth-order valence-electron chi connectivity index (χ4n) is 1.88. The number of carbonyl (C=O) groups excluding carboxylic acids is 1. The molecule has 0 fully saturated rings. The molecule has 8 heteroatoms. The molecular weight excluding hydrogens is 342 g/mol. The molecule has 0 aliphatic rings. The SMILES string of the molecule is CN(Cc1ccc(Cl)s1)C(=O)COc1ncnc2sccc12. The molecule has 0 aromatic carbocycles. The Morgan fingerprint density at radius 2 is 2.23 bits per heavy atom. The molecule has 22 heavy (non-hydrogen) atoms. The van der Waals surface area contributed by atoms with Crippen LogP contribution in [0, 0.1) is 0 Å². The summed E-state index contributed by atoms with van der Waals surface area (Å²) in [4.78, 5) is 23.8. The van der Waals surface area contributed by atoms with E-state index in [4.69, 9.17) is 16.3 Å². The predicted octanol–water partition coefficient (Wildman–Crippen LogP) is 3.44. The zero-order valence-electron chi connectivity index (χ0n) is 11.7. The van der Waals surface area contributed by atoms with Gasteiger partial charge in [0.1, 0.15) is 11.2 Å². The summed E-state index contributed by atoms with van der Waals surface area (Å²) in [6.45, 7) is 0.453. The van der Waals surface area contributed by atoms with Crippen molar-refractivity contribution in [3.63, 3.8) is 0 Å². The van der Waals surface area contributed by atoms with Crippen LogP contribution in [0.4, 0.5) is 0 Å². The summed E-state index contributed by atoms with van der Waals surface area (Å²) >= 11 is 8.86. The van der Waals surface area contributed by atoms with Crippen molar-refractivity contribution in [2.45, 2.75) is 6.54 Å². The summed E-state index contributed by atoms with van der Waals surface area (Å²) in [7, 11) is 1.74. The van der Waals surface area contributed by atoms with Crippen LogP contribution >= 0.6 is 34.3 Å². The van der Waals surface area contributed by atoms with Gasteiger partial charge in [-0.15, -0.1) is 22.7 Å². The molecule has 0 radical (unpaired) electrons. The van der Waals surface area contributed by atoms with Crippen LogP contribution in [-0.4, -0.2) is 34.4 Å². The number of nitrogens with zero attached hydrogens (tertiary/aromatic N) is 3. The van der Waals surface area contributed by atoms with Crippen LogP contribution in [0.25, 0.3) is 10.2 Å². The zero-order chi connectivity index (χ0) is 15.5.